The minimum Gasteiger partial charge on any atom is -0.322 e. The van der Waals surface area contributed by atoms with Crippen LogP contribution < -0.4 is 5.73 Å². The molecule has 1 atom stereocenters. The van der Waals surface area contributed by atoms with Gasteiger partial charge < -0.3 is 5.73 Å². The highest BCUT2D eigenvalue weighted by Gasteiger charge is 2.09. The second-order valence-electron chi connectivity index (χ2n) is 4.35. The first-order valence-electron chi connectivity index (χ1n) is 6.50. The maximum Gasteiger partial charge on any atom is 0.149 e. The molecule has 0 spiro atoms. The zero-order valence-electron chi connectivity index (χ0n) is 10.4. The number of ketones is 1. The van der Waals surface area contributed by atoms with Crippen LogP contribution in [-0.4, -0.2) is 11.8 Å². The second kappa shape index (κ2) is 10.2. The van der Waals surface area contributed by atoms with E-state index in [2.05, 4.69) is 6.92 Å². The van der Waals surface area contributed by atoms with Gasteiger partial charge in [0.1, 0.15) is 5.78 Å². The molecule has 2 N–H and O–H groups in total. The molecule has 0 aliphatic carbocycles. The highest BCUT2D eigenvalue weighted by atomic mass is 16.1. The predicted octanol–water partition coefficient (Wildman–Crippen LogP) is 3.43. The highest BCUT2D eigenvalue weighted by molar-refractivity contribution is 5.83. The van der Waals surface area contributed by atoms with Gasteiger partial charge in [-0.05, 0) is 12.8 Å². The molecule has 90 valence electrons. The van der Waals surface area contributed by atoms with Crippen molar-refractivity contribution in [3.05, 3.63) is 0 Å². The molecular formula is C13H27NO. The van der Waals surface area contributed by atoms with Crippen LogP contribution in [0, 0.1) is 0 Å². The Balaban J connectivity index is 3.20. The molecular weight excluding hydrogens is 186 g/mol. The van der Waals surface area contributed by atoms with Crippen LogP contribution in [0.5, 0.6) is 0 Å². The van der Waals surface area contributed by atoms with Gasteiger partial charge in [0.15, 0.2) is 0 Å². The normalized spacial score (nSPS) is 12.7. The van der Waals surface area contributed by atoms with E-state index >= 15 is 0 Å². The summed E-state index contributed by atoms with van der Waals surface area (Å²) in [6, 6.07) is -0.218. The number of Topliss-reactive ketones (excluding diaryl/α,β-unsaturated/α-hetero) is 1. The number of carbonyl (C=O) groups excluding carboxylic acids is 1. The molecule has 0 saturated heterocycles. The molecule has 0 aromatic rings. The third kappa shape index (κ3) is 8.61. The summed E-state index contributed by atoms with van der Waals surface area (Å²) in [4.78, 5) is 11.4. The topological polar surface area (TPSA) is 43.1 Å². The number of unbranched alkanes of at least 4 members (excludes halogenated alkanes) is 6. The molecule has 0 aromatic carbocycles. The van der Waals surface area contributed by atoms with Gasteiger partial charge in [0.05, 0.1) is 6.04 Å². The minimum absolute atomic E-state index is 0.218. The Kier molecular flexibility index (Phi) is 9.91. The van der Waals surface area contributed by atoms with E-state index in [-0.39, 0.29) is 11.8 Å². The molecule has 15 heavy (non-hydrogen) atoms. The van der Waals surface area contributed by atoms with E-state index < -0.39 is 0 Å². The SMILES string of the molecule is CCCCCCCCCC(=O)[C@H](N)CC. The first-order valence-corrected chi connectivity index (χ1v) is 6.50. The summed E-state index contributed by atoms with van der Waals surface area (Å²) in [5.41, 5.74) is 5.65. The summed E-state index contributed by atoms with van der Waals surface area (Å²) >= 11 is 0. The smallest absolute Gasteiger partial charge is 0.149 e. The Morgan fingerprint density at radius 1 is 1.00 bits per heavy atom. The molecule has 0 unspecified atom stereocenters. The quantitative estimate of drug-likeness (QED) is 0.565. The molecule has 2 heteroatoms. The van der Waals surface area contributed by atoms with Gasteiger partial charge in [-0.3, -0.25) is 4.79 Å². The molecule has 0 amide bonds. The van der Waals surface area contributed by atoms with Gasteiger partial charge in [-0.25, -0.2) is 0 Å². The van der Waals surface area contributed by atoms with Crippen molar-refractivity contribution in [3.8, 4) is 0 Å². The van der Waals surface area contributed by atoms with E-state index in [4.69, 9.17) is 5.73 Å². The van der Waals surface area contributed by atoms with E-state index in [9.17, 15) is 4.79 Å². The van der Waals surface area contributed by atoms with Gasteiger partial charge in [-0.2, -0.15) is 0 Å². The molecule has 0 saturated carbocycles. The van der Waals surface area contributed by atoms with Crippen LogP contribution in [0.2, 0.25) is 0 Å². The number of nitrogens with two attached hydrogens (primary N) is 1. The standard InChI is InChI=1S/C13H27NO/c1-3-5-6-7-8-9-10-11-13(15)12(14)4-2/h12H,3-11,14H2,1-2H3/t12-/m1/s1. The third-order valence-electron chi connectivity index (χ3n) is 2.88. The fourth-order valence-corrected chi connectivity index (χ4v) is 1.67. The molecule has 0 radical (unpaired) electrons. The molecule has 0 bridgehead atoms. The Morgan fingerprint density at radius 2 is 1.53 bits per heavy atom. The predicted molar refractivity (Wildman–Crippen MR) is 65.9 cm³/mol. The summed E-state index contributed by atoms with van der Waals surface area (Å²) in [7, 11) is 0. The maximum atomic E-state index is 11.4. The van der Waals surface area contributed by atoms with Gasteiger partial charge in [0, 0.05) is 6.42 Å². The van der Waals surface area contributed by atoms with E-state index in [1.807, 2.05) is 6.92 Å². The molecule has 0 fully saturated rings. The highest BCUT2D eigenvalue weighted by Crippen LogP contribution is 2.09. The van der Waals surface area contributed by atoms with E-state index in [1.54, 1.807) is 0 Å². The Bertz CT molecular complexity index is 157. The summed E-state index contributed by atoms with van der Waals surface area (Å²) < 4.78 is 0. The van der Waals surface area contributed by atoms with Crippen molar-refractivity contribution in [1.82, 2.24) is 0 Å². The van der Waals surface area contributed by atoms with Crippen molar-refractivity contribution in [1.29, 1.82) is 0 Å². The van der Waals surface area contributed by atoms with E-state index in [1.165, 1.54) is 38.5 Å². The molecule has 0 heterocycles. The molecule has 0 aliphatic rings. The van der Waals surface area contributed by atoms with E-state index in [0.29, 0.717) is 6.42 Å². The summed E-state index contributed by atoms with van der Waals surface area (Å²) in [5.74, 6) is 0.242. The van der Waals surface area contributed by atoms with Gasteiger partial charge in [-0.1, -0.05) is 52.4 Å². The molecule has 0 aliphatic heterocycles. The Morgan fingerprint density at radius 3 is 2.07 bits per heavy atom. The van der Waals surface area contributed by atoms with Crippen LogP contribution in [-0.2, 0) is 4.79 Å². The second-order valence-corrected chi connectivity index (χ2v) is 4.35. The molecule has 0 aromatic heterocycles. The number of rotatable bonds is 10. The van der Waals surface area contributed by atoms with Gasteiger partial charge in [-0.15, -0.1) is 0 Å². The average Bonchev–Trinajstić information content (AvgIpc) is 2.26. The van der Waals surface area contributed by atoms with Crippen LogP contribution in [0.4, 0.5) is 0 Å². The lowest BCUT2D eigenvalue weighted by Crippen LogP contribution is -2.29. The largest absolute Gasteiger partial charge is 0.322 e. The van der Waals surface area contributed by atoms with Crippen molar-refractivity contribution in [3.63, 3.8) is 0 Å². The van der Waals surface area contributed by atoms with Crippen molar-refractivity contribution < 1.29 is 4.79 Å². The zero-order chi connectivity index (χ0) is 11.5. The van der Waals surface area contributed by atoms with Crippen LogP contribution in [0.3, 0.4) is 0 Å². The van der Waals surface area contributed by atoms with Crippen molar-refractivity contribution >= 4 is 5.78 Å². The lowest BCUT2D eigenvalue weighted by atomic mass is 10.0. The van der Waals surface area contributed by atoms with Crippen molar-refractivity contribution in [2.24, 2.45) is 5.73 Å². The minimum atomic E-state index is -0.218. The maximum absolute atomic E-state index is 11.4. The van der Waals surface area contributed by atoms with Crippen LogP contribution in [0.1, 0.15) is 71.6 Å². The zero-order valence-corrected chi connectivity index (χ0v) is 10.4. The van der Waals surface area contributed by atoms with E-state index in [0.717, 1.165) is 12.8 Å². The summed E-state index contributed by atoms with van der Waals surface area (Å²) in [5, 5.41) is 0. The molecule has 2 nitrogen and oxygen atoms in total. The molecule has 0 rings (SSSR count). The monoisotopic (exact) mass is 213 g/mol. The summed E-state index contributed by atoms with van der Waals surface area (Å²) in [6.45, 7) is 4.19. The van der Waals surface area contributed by atoms with Gasteiger partial charge >= 0.3 is 0 Å². The average molecular weight is 213 g/mol. The first kappa shape index (κ1) is 14.6. The number of carbonyl (C=O) groups is 1. The van der Waals surface area contributed by atoms with Crippen molar-refractivity contribution in [2.45, 2.75) is 77.7 Å². The number of hydrogen-bond acceptors (Lipinski definition) is 2. The third-order valence-corrected chi connectivity index (χ3v) is 2.88. The fraction of sp³-hybridized carbons (Fsp3) is 0.923. The van der Waals surface area contributed by atoms with Crippen LogP contribution in [0.25, 0.3) is 0 Å². The van der Waals surface area contributed by atoms with Crippen molar-refractivity contribution in [2.75, 3.05) is 0 Å². The number of hydrogen-bond donors (Lipinski definition) is 1. The summed E-state index contributed by atoms with van der Waals surface area (Å²) in [6.07, 6.45) is 10.3. The van der Waals surface area contributed by atoms with Crippen LogP contribution in [0.15, 0.2) is 0 Å². The Labute approximate surface area is 94.6 Å². The lowest BCUT2D eigenvalue weighted by Gasteiger charge is -2.06. The Hall–Kier alpha value is -0.370. The first-order chi connectivity index (χ1) is 7.22. The van der Waals surface area contributed by atoms with Crippen LogP contribution >= 0.6 is 0 Å². The fourth-order valence-electron chi connectivity index (χ4n) is 1.67. The van der Waals surface area contributed by atoms with Gasteiger partial charge in [0.2, 0.25) is 0 Å². The lowest BCUT2D eigenvalue weighted by molar-refractivity contribution is -0.120. The van der Waals surface area contributed by atoms with Gasteiger partial charge in [0.25, 0.3) is 0 Å².